The van der Waals surface area contributed by atoms with Gasteiger partial charge in [-0.15, -0.1) is 0 Å². The zero-order valence-corrected chi connectivity index (χ0v) is 13.2. The Balaban J connectivity index is 1.74. The van der Waals surface area contributed by atoms with Gasteiger partial charge in [0.25, 0.3) is 5.91 Å². The van der Waals surface area contributed by atoms with E-state index >= 15 is 0 Å². The molecule has 0 saturated heterocycles. The van der Waals surface area contributed by atoms with Crippen LogP contribution in [0.25, 0.3) is 0 Å². The van der Waals surface area contributed by atoms with E-state index in [1.165, 1.54) is 11.1 Å². The number of amides is 1. The molecule has 2 nitrogen and oxygen atoms in total. The predicted molar refractivity (Wildman–Crippen MR) is 87.7 cm³/mol. The van der Waals surface area contributed by atoms with Crippen molar-refractivity contribution in [1.82, 2.24) is 4.90 Å². The van der Waals surface area contributed by atoms with Crippen molar-refractivity contribution in [3.05, 3.63) is 57.8 Å². The van der Waals surface area contributed by atoms with Gasteiger partial charge in [-0.25, -0.2) is 0 Å². The molecular formula is C18H21NOS. The molecule has 110 valence electrons. The van der Waals surface area contributed by atoms with E-state index < -0.39 is 0 Å². The zero-order valence-electron chi connectivity index (χ0n) is 12.4. The largest absolute Gasteiger partial charge is 0.331 e. The van der Waals surface area contributed by atoms with E-state index in [1.807, 2.05) is 17.0 Å². The molecule has 0 bridgehead atoms. The van der Waals surface area contributed by atoms with Crippen LogP contribution in [0.4, 0.5) is 0 Å². The maximum absolute atomic E-state index is 12.8. The Morgan fingerprint density at radius 3 is 2.52 bits per heavy atom. The van der Waals surface area contributed by atoms with Crippen LogP contribution >= 0.6 is 11.3 Å². The average Bonchev–Trinajstić information content (AvgIpc) is 3.22. The summed E-state index contributed by atoms with van der Waals surface area (Å²) in [5.41, 5.74) is 3.37. The van der Waals surface area contributed by atoms with Crippen LogP contribution in [0.3, 0.4) is 0 Å². The highest BCUT2D eigenvalue weighted by Gasteiger charge is 2.33. The van der Waals surface area contributed by atoms with E-state index in [-0.39, 0.29) is 5.91 Å². The summed E-state index contributed by atoms with van der Waals surface area (Å²) in [6, 6.07) is 10.7. The molecule has 0 radical (unpaired) electrons. The van der Waals surface area contributed by atoms with Gasteiger partial charge in [-0.3, -0.25) is 4.79 Å². The number of aryl methyl sites for hydroxylation is 1. The topological polar surface area (TPSA) is 20.3 Å². The second-order valence-corrected chi connectivity index (χ2v) is 6.52. The Kier molecular flexibility index (Phi) is 4.39. The first-order valence-corrected chi connectivity index (χ1v) is 8.63. The summed E-state index contributed by atoms with van der Waals surface area (Å²) in [6.45, 7) is 2.92. The van der Waals surface area contributed by atoms with Gasteiger partial charge >= 0.3 is 0 Å². The van der Waals surface area contributed by atoms with Crippen molar-refractivity contribution in [3.8, 4) is 0 Å². The Labute approximate surface area is 130 Å². The maximum atomic E-state index is 12.8. The molecule has 1 heterocycles. The number of nitrogens with zero attached hydrogens (tertiary/aromatic N) is 1. The number of thiophene rings is 1. The number of benzene rings is 1. The van der Waals surface area contributed by atoms with E-state index in [4.69, 9.17) is 0 Å². The lowest BCUT2D eigenvalue weighted by atomic mass is 10.1. The van der Waals surface area contributed by atoms with Crippen LogP contribution in [0.5, 0.6) is 0 Å². The molecule has 1 fully saturated rings. The molecular weight excluding hydrogens is 278 g/mol. The number of carbonyl (C=O) groups is 1. The van der Waals surface area contributed by atoms with Crippen molar-refractivity contribution >= 4 is 17.2 Å². The summed E-state index contributed by atoms with van der Waals surface area (Å²) in [4.78, 5) is 14.8. The van der Waals surface area contributed by atoms with Gasteiger partial charge < -0.3 is 4.90 Å². The van der Waals surface area contributed by atoms with Gasteiger partial charge in [0.05, 0.1) is 0 Å². The predicted octanol–water partition coefficient (Wildman–Crippen LogP) is 4.51. The first-order valence-electron chi connectivity index (χ1n) is 7.69. The van der Waals surface area contributed by atoms with E-state index in [0.717, 1.165) is 37.8 Å². The van der Waals surface area contributed by atoms with Crippen LogP contribution in [0, 0.1) is 0 Å². The summed E-state index contributed by atoms with van der Waals surface area (Å²) in [7, 11) is 0. The lowest BCUT2D eigenvalue weighted by Gasteiger charge is -2.22. The van der Waals surface area contributed by atoms with Crippen LogP contribution in [-0.4, -0.2) is 16.8 Å². The van der Waals surface area contributed by atoms with Gasteiger partial charge in [-0.1, -0.05) is 25.5 Å². The Morgan fingerprint density at radius 2 is 1.95 bits per heavy atom. The van der Waals surface area contributed by atoms with Crippen molar-refractivity contribution in [3.63, 3.8) is 0 Å². The molecule has 1 saturated carbocycles. The fourth-order valence-corrected chi connectivity index (χ4v) is 3.26. The summed E-state index contributed by atoms with van der Waals surface area (Å²) in [5.74, 6) is 0.173. The molecule has 0 aliphatic heterocycles. The Bertz CT molecular complexity index is 584. The van der Waals surface area contributed by atoms with Crippen molar-refractivity contribution in [1.29, 1.82) is 0 Å². The molecule has 0 spiro atoms. The van der Waals surface area contributed by atoms with Crippen LogP contribution in [0.15, 0.2) is 41.1 Å². The highest BCUT2D eigenvalue weighted by molar-refractivity contribution is 7.07. The van der Waals surface area contributed by atoms with Crippen LogP contribution in [-0.2, 0) is 13.0 Å². The molecule has 1 aliphatic carbocycles. The number of hydrogen-bond donors (Lipinski definition) is 0. The van der Waals surface area contributed by atoms with Gasteiger partial charge in [0.2, 0.25) is 0 Å². The lowest BCUT2D eigenvalue weighted by molar-refractivity contribution is 0.0730. The molecule has 1 amide bonds. The maximum Gasteiger partial charge on any atom is 0.254 e. The van der Waals surface area contributed by atoms with Crippen LogP contribution in [0.2, 0.25) is 0 Å². The fraction of sp³-hybridized carbons (Fsp3) is 0.389. The minimum Gasteiger partial charge on any atom is -0.331 e. The third-order valence-electron chi connectivity index (χ3n) is 3.92. The molecule has 1 aromatic heterocycles. The van der Waals surface area contributed by atoms with Crippen LogP contribution < -0.4 is 0 Å². The minimum atomic E-state index is 0.173. The lowest BCUT2D eigenvalue weighted by Crippen LogP contribution is -2.32. The molecule has 0 unspecified atom stereocenters. The van der Waals surface area contributed by atoms with Gasteiger partial charge in [0, 0.05) is 18.2 Å². The molecule has 21 heavy (non-hydrogen) atoms. The first-order chi connectivity index (χ1) is 10.3. The van der Waals surface area contributed by atoms with Gasteiger partial charge in [0.1, 0.15) is 0 Å². The van der Waals surface area contributed by atoms with Gasteiger partial charge in [-0.2, -0.15) is 11.3 Å². The van der Waals surface area contributed by atoms with E-state index in [9.17, 15) is 4.79 Å². The molecule has 3 heteroatoms. The minimum absolute atomic E-state index is 0.173. The van der Waals surface area contributed by atoms with Gasteiger partial charge in [-0.05, 0) is 59.3 Å². The van der Waals surface area contributed by atoms with Crippen molar-refractivity contribution < 1.29 is 4.79 Å². The van der Waals surface area contributed by atoms with Crippen molar-refractivity contribution in [2.24, 2.45) is 0 Å². The van der Waals surface area contributed by atoms with Gasteiger partial charge in [0.15, 0.2) is 0 Å². The second kappa shape index (κ2) is 6.44. The SMILES string of the molecule is CCCc1ccc(C(=O)N(Cc2ccsc2)C2CC2)cc1. The van der Waals surface area contributed by atoms with Crippen molar-refractivity contribution in [2.75, 3.05) is 0 Å². The highest BCUT2D eigenvalue weighted by atomic mass is 32.1. The second-order valence-electron chi connectivity index (χ2n) is 5.74. The molecule has 0 N–H and O–H groups in total. The fourth-order valence-electron chi connectivity index (χ4n) is 2.60. The number of rotatable bonds is 6. The standard InChI is InChI=1S/C18H21NOS/c1-2-3-14-4-6-16(7-5-14)18(20)19(17-8-9-17)12-15-10-11-21-13-15/h4-7,10-11,13,17H,2-3,8-9,12H2,1H3. The number of hydrogen-bond acceptors (Lipinski definition) is 2. The smallest absolute Gasteiger partial charge is 0.254 e. The normalized spacial score (nSPS) is 14.1. The van der Waals surface area contributed by atoms with E-state index in [1.54, 1.807) is 11.3 Å². The zero-order chi connectivity index (χ0) is 14.7. The average molecular weight is 299 g/mol. The highest BCUT2D eigenvalue weighted by Crippen LogP contribution is 2.30. The summed E-state index contributed by atoms with van der Waals surface area (Å²) >= 11 is 1.69. The summed E-state index contributed by atoms with van der Waals surface area (Å²) in [6.07, 6.45) is 4.50. The Morgan fingerprint density at radius 1 is 1.19 bits per heavy atom. The van der Waals surface area contributed by atoms with Crippen LogP contribution in [0.1, 0.15) is 47.7 Å². The molecule has 2 aromatic rings. The summed E-state index contributed by atoms with van der Waals surface area (Å²) < 4.78 is 0. The molecule has 0 atom stereocenters. The van der Waals surface area contributed by atoms with E-state index in [0.29, 0.717) is 6.04 Å². The molecule has 1 aliphatic rings. The quantitative estimate of drug-likeness (QED) is 0.768. The van der Waals surface area contributed by atoms with E-state index in [2.05, 4.69) is 35.9 Å². The molecule has 1 aromatic carbocycles. The number of carbonyl (C=O) groups excluding carboxylic acids is 1. The monoisotopic (exact) mass is 299 g/mol. The third-order valence-corrected chi connectivity index (χ3v) is 4.65. The third kappa shape index (κ3) is 3.53. The molecule has 3 rings (SSSR count). The first kappa shape index (κ1) is 14.3. The Hall–Kier alpha value is -1.61. The summed E-state index contributed by atoms with van der Waals surface area (Å²) in [5, 5.41) is 4.21. The van der Waals surface area contributed by atoms with Crippen molar-refractivity contribution in [2.45, 2.75) is 45.2 Å².